The summed E-state index contributed by atoms with van der Waals surface area (Å²) in [5.41, 5.74) is 3.75. The van der Waals surface area contributed by atoms with Crippen molar-refractivity contribution in [2.75, 3.05) is 36.5 Å². The largest absolute Gasteiger partial charge is 0.355 e. The van der Waals surface area contributed by atoms with Crippen molar-refractivity contribution in [3.8, 4) is 0 Å². The summed E-state index contributed by atoms with van der Waals surface area (Å²) in [6.07, 6.45) is 1.07. The van der Waals surface area contributed by atoms with E-state index in [9.17, 15) is 0 Å². The van der Waals surface area contributed by atoms with Crippen LogP contribution < -0.4 is 10.2 Å². The minimum Gasteiger partial charge on any atom is -0.355 e. The van der Waals surface area contributed by atoms with Crippen molar-refractivity contribution in [1.82, 2.24) is 10.3 Å². The maximum Gasteiger partial charge on any atom is 0.134 e. The highest BCUT2D eigenvalue weighted by Gasteiger charge is 2.21. The SMILES string of the molecule is CCC(NC)c1cc2cccc(C)c2nc1N1CCSCC1. The molecule has 1 fully saturated rings. The monoisotopic (exact) mass is 315 g/mol. The third-order valence-corrected chi connectivity index (χ3v) is 5.44. The summed E-state index contributed by atoms with van der Waals surface area (Å²) < 4.78 is 0. The van der Waals surface area contributed by atoms with Crippen LogP contribution in [-0.2, 0) is 0 Å². The normalized spacial score (nSPS) is 17.0. The first-order valence-corrected chi connectivity index (χ1v) is 9.30. The second-order valence-corrected chi connectivity index (χ2v) is 7.12. The zero-order valence-corrected chi connectivity index (χ0v) is 14.5. The molecule has 4 heteroatoms. The van der Waals surface area contributed by atoms with Crippen LogP contribution in [0.4, 0.5) is 5.82 Å². The molecule has 2 heterocycles. The van der Waals surface area contributed by atoms with Crippen LogP contribution in [0.3, 0.4) is 0 Å². The van der Waals surface area contributed by atoms with E-state index in [4.69, 9.17) is 4.98 Å². The van der Waals surface area contributed by atoms with E-state index in [1.807, 2.05) is 18.8 Å². The van der Waals surface area contributed by atoms with E-state index in [1.165, 1.54) is 33.8 Å². The van der Waals surface area contributed by atoms with Gasteiger partial charge in [0, 0.05) is 41.6 Å². The van der Waals surface area contributed by atoms with Crippen molar-refractivity contribution in [3.63, 3.8) is 0 Å². The number of aromatic nitrogens is 1. The quantitative estimate of drug-likeness (QED) is 0.930. The summed E-state index contributed by atoms with van der Waals surface area (Å²) >= 11 is 2.04. The highest BCUT2D eigenvalue weighted by atomic mass is 32.2. The molecular formula is C18H25N3S. The Bertz CT molecular complexity index is 646. The highest BCUT2D eigenvalue weighted by Crippen LogP contribution is 2.32. The molecule has 1 aliphatic rings. The third kappa shape index (κ3) is 2.95. The number of hydrogen-bond donors (Lipinski definition) is 1. The standard InChI is InChI=1S/C18H25N3S/c1-4-16(19-3)15-12-14-7-5-6-13(2)17(14)20-18(15)21-8-10-22-11-9-21/h5-7,12,16,19H,4,8-11H2,1-3H3. The number of hydrogen-bond acceptors (Lipinski definition) is 4. The molecule has 0 aliphatic carbocycles. The number of benzene rings is 1. The fourth-order valence-electron chi connectivity index (χ4n) is 3.22. The molecule has 3 nitrogen and oxygen atoms in total. The summed E-state index contributed by atoms with van der Waals surface area (Å²) in [7, 11) is 2.05. The molecule has 22 heavy (non-hydrogen) atoms. The van der Waals surface area contributed by atoms with Gasteiger partial charge in [-0.2, -0.15) is 11.8 Å². The van der Waals surface area contributed by atoms with Crippen molar-refractivity contribution >= 4 is 28.5 Å². The zero-order chi connectivity index (χ0) is 15.5. The molecule has 118 valence electrons. The summed E-state index contributed by atoms with van der Waals surface area (Å²) in [6, 6.07) is 9.16. The molecule has 0 amide bonds. The molecule has 3 rings (SSSR count). The average molecular weight is 315 g/mol. The Labute approximate surface area is 137 Å². The summed E-state index contributed by atoms with van der Waals surface area (Å²) in [4.78, 5) is 7.56. The lowest BCUT2D eigenvalue weighted by atomic mass is 10.0. The number of pyridine rings is 1. The van der Waals surface area contributed by atoms with Gasteiger partial charge >= 0.3 is 0 Å². The van der Waals surface area contributed by atoms with Crippen LogP contribution >= 0.6 is 11.8 Å². The van der Waals surface area contributed by atoms with Crippen molar-refractivity contribution in [3.05, 3.63) is 35.4 Å². The number of anilines is 1. The van der Waals surface area contributed by atoms with E-state index in [2.05, 4.69) is 48.3 Å². The average Bonchev–Trinajstić information content (AvgIpc) is 2.57. The lowest BCUT2D eigenvalue weighted by Gasteiger charge is -2.31. The van der Waals surface area contributed by atoms with Gasteiger partial charge in [0.25, 0.3) is 0 Å². The van der Waals surface area contributed by atoms with Gasteiger partial charge in [0.15, 0.2) is 0 Å². The maximum absolute atomic E-state index is 5.09. The van der Waals surface area contributed by atoms with Gasteiger partial charge in [-0.15, -0.1) is 0 Å². The molecule has 0 saturated carbocycles. The van der Waals surface area contributed by atoms with Gasteiger partial charge in [-0.05, 0) is 32.0 Å². The van der Waals surface area contributed by atoms with Gasteiger partial charge in [-0.3, -0.25) is 0 Å². The van der Waals surface area contributed by atoms with Crippen molar-refractivity contribution < 1.29 is 0 Å². The first-order chi connectivity index (χ1) is 10.7. The number of aryl methyl sites for hydroxylation is 1. The molecule has 1 N–H and O–H groups in total. The number of nitrogens with one attached hydrogen (secondary N) is 1. The number of fused-ring (bicyclic) bond motifs is 1. The molecule has 1 aromatic carbocycles. The fourth-order valence-corrected chi connectivity index (χ4v) is 4.12. The molecule has 1 aliphatic heterocycles. The van der Waals surface area contributed by atoms with E-state index >= 15 is 0 Å². The fraction of sp³-hybridized carbons (Fsp3) is 0.500. The predicted octanol–water partition coefficient (Wildman–Crippen LogP) is 3.77. The van der Waals surface area contributed by atoms with Crippen LogP contribution in [0.15, 0.2) is 24.3 Å². The molecule has 1 saturated heterocycles. The van der Waals surface area contributed by atoms with E-state index < -0.39 is 0 Å². The smallest absolute Gasteiger partial charge is 0.134 e. The topological polar surface area (TPSA) is 28.2 Å². The van der Waals surface area contributed by atoms with Crippen LogP contribution in [0.1, 0.15) is 30.5 Å². The third-order valence-electron chi connectivity index (χ3n) is 4.50. The van der Waals surface area contributed by atoms with Crippen LogP contribution in [0.5, 0.6) is 0 Å². The van der Waals surface area contributed by atoms with Crippen molar-refractivity contribution in [2.45, 2.75) is 26.3 Å². The lowest BCUT2D eigenvalue weighted by molar-refractivity contribution is 0.573. The Kier molecular flexibility index (Phi) is 4.89. The summed E-state index contributed by atoms with van der Waals surface area (Å²) in [6.45, 7) is 6.59. The van der Waals surface area contributed by atoms with Crippen molar-refractivity contribution in [2.24, 2.45) is 0 Å². The Morgan fingerprint density at radius 1 is 1.32 bits per heavy atom. The van der Waals surface area contributed by atoms with Gasteiger partial charge in [-0.1, -0.05) is 25.1 Å². The summed E-state index contributed by atoms with van der Waals surface area (Å²) in [5.74, 6) is 3.58. The van der Waals surface area contributed by atoms with Gasteiger partial charge in [0.05, 0.1) is 5.52 Å². The molecule has 1 unspecified atom stereocenters. The van der Waals surface area contributed by atoms with E-state index in [0.717, 1.165) is 25.0 Å². The molecule has 0 spiro atoms. The molecule has 0 radical (unpaired) electrons. The molecule has 0 bridgehead atoms. The number of thioether (sulfide) groups is 1. The minimum atomic E-state index is 0.363. The highest BCUT2D eigenvalue weighted by molar-refractivity contribution is 7.99. The Hall–Kier alpha value is -1.26. The summed E-state index contributed by atoms with van der Waals surface area (Å²) in [5, 5.41) is 4.70. The van der Waals surface area contributed by atoms with Gasteiger partial charge in [0.2, 0.25) is 0 Å². The van der Waals surface area contributed by atoms with Gasteiger partial charge in [0.1, 0.15) is 5.82 Å². The lowest BCUT2D eigenvalue weighted by Crippen LogP contribution is -2.35. The number of rotatable bonds is 4. The molecular weight excluding hydrogens is 290 g/mol. The number of nitrogens with zero attached hydrogens (tertiary/aromatic N) is 2. The Morgan fingerprint density at radius 3 is 2.77 bits per heavy atom. The van der Waals surface area contributed by atoms with E-state index in [0.29, 0.717) is 6.04 Å². The van der Waals surface area contributed by atoms with Crippen LogP contribution in [0.25, 0.3) is 10.9 Å². The van der Waals surface area contributed by atoms with Crippen LogP contribution in [-0.4, -0.2) is 36.6 Å². The molecule has 1 atom stereocenters. The van der Waals surface area contributed by atoms with Crippen molar-refractivity contribution in [1.29, 1.82) is 0 Å². The first kappa shape index (κ1) is 15.6. The number of para-hydroxylation sites is 1. The molecule has 2 aromatic rings. The van der Waals surface area contributed by atoms with Gasteiger partial charge in [-0.25, -0.2) is 4.98 Å². The van der Waals surface area contributed by atoms with Crippen LogP contribution in [0.2, 0.25) is 0 Å². The van der Waals surface area contributed by atoms with Crippen LogP contribution in [0, 0.1) is 6.92 Å². The molecule has 1 aromatic heterocycles. The minimum absolute atomic E-state index is 0.363. The van der Waals surface area contributed by atoms with Gasteiger partial charge < -0.3 is 10.2 Å². The second kappa shape index (κ2) is 6.88. The first-order valence-electron chi connectivity index (χ1n) is 8.14. The second-order valence-electron chi connectivity index (χ2n) is 5.90. The predicted molar refractivity (Wildman–Crippen MR) is 98.1 cm³/mol. The zero-order valence-electron chi connectivity index (χ0n) is 13.7. The maximum atomic E-state index is 5.09. The Morgan fingerprint density at radius 2 is 2.09 bits per heavy atom. The van der Waals surface area contributed by atoms with E-state index in [-0.39, 0.29) is 0 Å². The Balaban J connectivity index is 2.16. The van der Waals surface area contributed by atoms with E-state index in [1.54, 1.807) is 0 Å².